The number of anilines is 1. The van der Waals surface area contributed by atoms with Crippen molar-refractivity contribution in [2.24, 2.45) is 0 Å². The predicted octanol–water partition coefficient (Wildman–Crippen LogP) is 5.55. The van der Waals surface area contributed by atoms with Gasteiger partial charge in [-0.1, -0.05) is 17.7 Å². The third kappa shape index (κ3) is 3.59. The zero-order valence-corrected chi connectivity index (χ0v) is 18.3. The van der Waals surface area contributed by atoms with Crippen molar-refractivity contribution in [2.75, 3.05) is 4.90 Å². The van der Waals surface area contributed by atoms with Crippen LogP contribution in [0.5, 0.6) is 5.75 Å². The summed E-state index contributed by atoms with van der Waals surface area (Å²) in [5, 5.41) is 14.9. The van der Waals surface area contributed by atoms with Gasteiger partial charge in [0.05, 0.1) is 17.4 Å². The molecular weight excluding hydrogens is 447 g/mol. The third-order valence-electron chi connectivity index (χ3n) is 5.48. The Balaban J connectivity index is 1.69. The molecule has 0 saturated carbocycles. The minimum atomic E-state index is -0.359. The maximum absolute atomic E-state index is 13.5. The number of aromatic hydroxyl groups is 1. The van der Waals surface area contributed by atoms with Crippen LogP contribution in [0, 0.1) is 5.82 Å². The van der Waals surface area contributed by atoms with Gasteiger partial charge >= 0.3 is 0 Å². The van der Waals surface area contributed by atoms with E-state index in [0.717, 1.165) is 17.1 Å². The fourth-order valence-corrected chi connectivity index (χ4v) is 4.58. The molecule has 5 nitrogen and oxygen atoms in total. The molecule has 2 atom stereocenters. The number of rotatable bonds is 4. The standard InChI is InChI=1S/C24H18ClFN4OS/c25-15-6-11-21(31)20(14-15)30-23(22(28-24(30)32)18-4-1-2-12-27-18)19-5-3-13-29(19)17-9-7-16(26)8-10-17/h1-14,22-23,31H,(H,28,32)/t22-,23+/m1/s1. The van der Waals surface area contributed by atoms with Crippen LogP contribution in [0.25, 0.3) is 5.69 Å². The van der Waals surface area contributed by atoms with Crippen molar-refractivity contribution >= 4 is 34.6 Å². The SMILES string of the molecule is Oc1ccc(Cl)cc1N1C(=S)N[C@H](c2ccccn2)[C@@H]1c1cccn1-c1ccc(F)cc1. The lowest BCUT2D eigenvalue weighted by molar-refractivity contribution is 0.472. The number of halogens is 2. The number of phenolic OH excluding ortho intramolecular Hbond substituents is 1. The van der Waals surface area contributed by atoms with Crippen LogP contribution in [0.1, 0.15) is 23.5 Å². The Bertz CT molecular complexity index is 1280. The molecule has 2 aromatic heterocycles. The summed E-state index contributed by atoms with van der Waals surface area (Å²) < 4.78 is 15.5. The Labute approximate surface area is 194 Å². The number of phenols is 1. The summed E-state index contributed by atoms with van der Waals surface area (Å²) >= 11 is 12.0. The molecule has 1 fully saturated rings. The Morgan fingerprint density at radius 1 is 1.03 bits per heavy atom. The highest BCUT2D eigenvalue weighted by Gasteiger charge is 2.43. The van der Waals surface area contributed by atoms with Crippen molar-refractivity contribution in [2.45, 2.75) is 12.1 Å². The highest BCUT2D eigenvalue weighted by Crippen LogP contribution is 2.45. The van der Waals surface area contributed by atoms with Crippen molar-refractivity contribution < 1.29 is 9.50 Å². The van der Waals surface area contributed by atoms with Gasteiger partial charge in [0.25, 0.3) is 0 Å². The van der Waals surface area contributed by atoms with Gasteiger partial charge in [0.2, 0.25) is 0 Å². The molecule has 3 heterocycles. The smallest absolute Gasteiger partial charge is 0.174 e. The molecule has 5 rings (SSSR count). The molecule has 1 aliphatic rings. The summed E-state index contributed by atoms with van der Waals surface area (Å²) in [6.45, 7) is 0. The first-order valence-electron chi connectivity index (χ1n) is 9.95. The fraction of sp³-hybridized carbons (Fsp3) is 0.0833. The summed E-state index contributed by atoms with van der Waals surface area (Å²) in [5.74, 6) is -0.242. The summed E-state index contributed by atoms with van der Waals surface area (Å²) in [4.78, 5) is 6.39. The van der Waals surface area contributed by atoms with Gasteiger partial charge in [-0.3, -0.25) is 4.98 Å². The second kappa shape index (κ2) is 8.26. The molecule has 0 amide bonds. The Morgan fingerprint density at radius 3 is 2.59 bits per heavy atom. The number of pyridine rings is 1. The van der Waals surface area contributed by atoms with E-state index in [-0.39, 0.29) is 23.7 Å². The van der Waals surface area contributed by atoms with Gasteiger partial charge in [-0.15, -0.1) is 0 Å². The Hall–Kier alpha value is -3.42. The van der Waals surface area contributed by atoms with Crippen molar-refractivity contribution in [3.05, 3.63) is 107 Å². The van der Waals surface area contributed by atoms with Crippen molar-refractivity contribution in [3.8, 4) is 11.4 Å². The molecule has 0 unspecified atom stereocenters. The normalized spacial score (nSPS) is 18.1. The molecule has 160 valence electrons. The molecule has 1 saturated heterocycles. The van der Waals surface area contributed by atoms with Crippen molar-refractivity contribution in [1.29, 1.82) is 0 Å². The minimum absolute atomic E-state index is 0.0603. The van der Waals surface area contributed by atoms with E-state index in [2.05, 4.69) is 10.3 Å². The quantitative estimate of drug-likeness (QED) is 0.388. The van der Waals surface area contributed by atoms with Crippen LogP contribution in [0.15, 0.2) is 85.2 Å². The topological polar surface area (TPSA) is 53.3 Å². The van der Waals surface area contributed by atoms with Gasteiger partial charge in [-0.05, 0) is 78.9 Å². The van der Waals surface area contributed by atoms with Crippen LogP contribution in [0.4, 0.5) is 10.1 Å². The summed E-state index contributed by atoms with van der Waals surface area (Å²) in [7, 11) is 0. The first-order valence-corrected chi connectivity index (χ1v) is 10.7. The molecule has 4 aromatic rings. The van der Waals surface area contributed by atoms with E-state index in [1.165, 1.54) is 12.1 Å². The highest BCUT2D eigenvalue weighted by molar-refractivity contribution is 7.80. The molecule has 0 radical (unpaired) electrons. The first kappa shape index (κ1) is 20.5. The van der Waals surface area contributed by atoms with Gasteiger partial charge in [-0.25, -0.2) is 4.39 Å². The van der Waals surface area contributed by atoms with Crippen molar-refractivity contribution in [1.82, 2.24) is 14.9 Å². The summed E-state index contributed by atoms with van der Waals surface area (Å²) in [5.41, 5.74) is 2.99. The molecule has 0 spiro atoms. The van der Waals surface area contributed by atoms with E-state index in [0.29, 0.717) is 15.8 Å². The zero-order valence-electron chi connectivity index (χ0n) is 16.7. The predicted molar refractivity (Wildman–Crippen MR) is 127 cm³/mol. The van der Waals surface area contributed by atoms with Crippen molar-refractivity contribution in [3.63, 3.8) is 0 Å². The molecule has 2 aromatic carbocycles. The first-order chi connectivity index (χ1) is 15.5. The highest BCUT2D eigenvalue weighted by atomic mass is 35.5. The van der Waals surface area contributed by atoms with Gasteiger partial charge in [0, 0.05) is 28.8 Å². The van der Waals surface area contributed by atoms with Gasteiger partial charge in [-0.2, -0.15) is 0 Å². The van der Waals surface area contributed by atoms with Gasteiger partial charge in [0.15, 0.2) is 5.11 Å². The third-order valence-corrected chi connectivity index (χ3v) is 6.03. The Morgan fingerprint density at radius 2 is 1.84 bits per heavy atom. The second-order valence-corrected chi connectivity index (χ2v) is 8.23. The second-order valence-electron chi connectivity index (χ2n) is 7.41. The minimum Gasteiger partial charge on any atom is -0.506 e. The summed E-state index contributed by atoms with van der Waals surface area (Å²) in [6, 6.07) is 20.1. The molecule has 32 heavy (non-hydrogen) atoms. The lowest BCUT2D eigenvalue weighted by Crippen LogP contribution is -2.30. The summed E-state index contributed by atoms with van der Waals surface area (Å²) in [6.07, 6.45) is 3.64. The van der Waals surface area contributed by atoms with E-state index in [9.17, 15) is 9.50 Å². The molecule has 0 aliphatic carbocycles. The molecule has 8 heteroatoms. The largest absolute Gasteiger partial charge is 0.506 e. The molecule has 2 N–H and O–H groups in total. The number of aromatic nitrogens is 2. The number of benzene rings is 2. The lowest BCUT2D eigenvalue weighted by atomic mass is 10.0. The van der Waals surface area contributed by atoms with Gasteiger partial charge in [0.1, 0.15) is 17.6 Å². The number of thiocarbonyl (C=S) groups is 1. The average Bonchev–Trinajstić information content (AvgIpc) is 3.41. The zero-order chi connectivity index (χ0) is 22.2. The molecule has 0 bridgehead atoms. The maximum Gasteiger partial charge on any atom is 0.174 e. The van der Waals surface area contributed by atoms with E-state index in [1.54, 1.807) is 36.5 Å². The van der Waals surface area contributed by atoms with E-state index >= 15 is 0 Å². The van der Waals surface area contributed by atoms with E-state index in [4.69, 9.17) is 23.8 Å². The number of nitrogens with one attached hydrogen (secondary N) is 1. The molecular formula is C24H18ClFN4OS. The number of hydrogen-bond acceptors (Lipinski definition) is 3. The van der Waals surface area contributed by atoms with Crippen LogP contribution < -0.4 is 10.2 Å². The van der Waals surface area contributed by atoms with E-state index < -0.39 is 0 Å². The van der Waals surface area contributed by atoms with E-state index in [1.807, 2.05) is 46.0 Å². The lowest BCUT2D eigenvalue weighted by Gasteiger charge is -2.29. The van der Waals surface area contributed by atoms with Crippen LogP contribution in [0.3, 0.4) is 0 Å². The average molecular weight is 465 g/mol. The molecule has 1 aliphatic heterocycles. The van der Waals surface area contributed by atoms with Gasteiger partial charge < -0.3 is 19.9 Å². The fourth-order valence-electron chi connectivity index (χ4n) is 4.08. The monoisotopic (exact) mass is 464 g/mol. The Kier molecular flexibility index (Phi) is 5.28. The van der Waals surface area contributed by atoms with Crippen LogP contribution in [-0.2, 0) is 0 Å². The number of nitrogens with zero attached hydrogens (tertiary/aromatic N) is 3. The van der Waals surface area contributed by atoms with Crippen LogP contribution in [-0.4, -0.2) is 19.8 Å². The van der Waals surface area contributed by atoms with Crippen LogP contribution in [0.2, 0.25) is 5.02 Å². The number of hydrogen-bond donors (Lipinski definition) is 2. The van der Waals surface area contributed by atoms with Crippen LogP contribution >= 0.6 is 23.8 Å². The maximum atomic E-state index is 13.5.